The largest absolute Gasteiger partial charge is 0.380 e. The predicted octanol–water partition coefficient (Wildman–Crippen LogP) is 4.83. The van der Waals surface area contributed by atoms with E-state index in [9.17, 15) is 8.78 Å². The highest BCUT2D eigenvalue weighted by Gasteiger charge is 2.05. The molecule has 2 aromatic rings. The van der Waals surface area contributed by atoms with Crippen LogP contribution in [0.5, 0.6) is 0 Å². The molecule has 0 aliphatic heterocycles. The van der Waals surface area contributed by atoms with Crippen molar-refractivity contribution in [2.24, 2.45) is 0 Å². The van der Waals surface area contributed by atoms with E-state index in [4.69, 9.17) is 11.6 Å². The predicted molar refractivity (Wildman–Crippen MR) is 77.9 cm³/mol. The molecule has 0 unspecified atom stereocenters. The van der Waals surface area contributed by atoms with Crippen LogP contribution >= 0.6 is 34.2 Å². The molecule has 2 aromatic carbocycles. The van der Waals surface area contributed by atoms with Gasteiger partial charge in [-0.3, -0.25) is 0 Å². The molecule has 5 heteroatoms. The lowest BCUT2D eigenvalue weighted by Crippen LogP contribution is -2.03. The van der Waals surface area contributed by atoms with E-state index in [2.05, 4.69) is 27.9 Å². The zero-order valence-electron chi connectivity index (χ0n) is 9.18. The second-order valence-corrected chi connectivity index (χ2v) is 5.31. The second kappa shape index (κ2) is 5.84. The summed E-state index contributed by atoms with van der Waals surface area (Å²) in [6.45, 7) is 0.295. The van der Waals surface area contributed by atoms with Crippen LogP contribution in [-0.4, -0.2) is 0 Å². The molecule has 0 saturated carbocycles. The Kier molecular flexibility index (Phi) is 4.40. The standard InChI is InChI=1S/C13H9ClF2IN/c14-9-2-4-13(12(17)5-9)18-7-8-1-3-10(15)6-11(8)16/h1-6,18H,7H2. The molecule has 18 heavy (non-hydrogen) atoms. The molecule has 1 nitrogen and oxygen atoms in total. The summed E-state index contributed by atoms with van der Waals surface area (Å²) in [6, 6.07) is 8.95. The Balaban J connectivity index is 2.11. The summed E-state index contributed by atoms with van der Waals surface area (Å²) in [5.74, 6) is -1.12. The van der Waals surface area contributed by atoms with Crippen LogP contribution in [0.1, 0.15) is 5.56 Å². The maximum atomic E-state index is 13.4. The van der Waals surface area contributed by atoms with E-state index < -0.39 is 11.6 Å². The molecule has 0 amide bonds. The maximum Gasteiger partial charge on any atom is 0.131 e. The first-order chi connectivity index (χ1) is 8.56. The first-order valence-electron chi connectivity index (χ1n) is 5.19. The van der Waals surface area contributed by atoms with Crippen LogP contribution in [0, 0.1) is 15.2 Å². The minimum absolute atomic E-state index is 0.295. The van der Waals surface area contributed by atoms with Crippen LogP contribution in [0.2, 0.25) is 5.02 Å². The molecule has 0 heterocycles. The molecule has 0 atom stereocenters. The first-order valence-corrected chi connectivity index (χ1v) is 6.65. The second-order valence-electron chi connectivity index (χ2n) is 3.71. The smallest absolute Gasteiger partial charge is 0.131 e. The minimum atomic E-state index is -0.572. The fraction of sp³-hybridized carbons (Fsp3) is 0.0769. The van der Waals surface area contributed by atoms with E-state index in [1.54, 1.807) is 6.07 Å². The minimum Gasteiger partial charge on any atom is -0.380 e. The molecular weight excluding hydrogens is 371 g/mol. The summed E-state index contributed by atoms with van der Waals surface area (Å²) >= 11 is 7.98. The van der Waals surface area contributed by atoms with Gasteiger partial charge in [0.2, 0.25) is 0 Å². The Morgan fingerprint density at radius 1 is 1.11 bits per heavy atom. The average Bonchev–Trinajstić information content (AvgIpc) is 2.30. The quantitative estimate of drug-likeness (QED) is 0.753. The average molecular weight is 380 g/mol. The van der Waals surface area contributed by atoms with Crippen molar-refractivity contribution in [2.45, 2.75) is 6.54 Å². The van der Waals surface area contributed by atoms with E-state index in [0.717, 1.165) is 15.3 Å². The first kappa shape index (κ1) is 13.5. The molecule has 1 N–H and O–H groups in total. The lowest BCUT2D eigenvalue weighted by Gasteiger charge is -2.09. The molecule has 0 spiro atoms. The molecule has 2 rings (SSSR count). The van der Waals surface area contributed by atoms with E-state index in [-0.39, 0.29) is 0 Å². The Labute approximate surface area is 122 Å². The number of benzene rings is 2. The van der Waals surface area contributed by atoms with Crippen LogP contribution < -0.4 is 5.32 Å². The van der Waals surface area contributed by atoms with Crippen molar-refractivity contribution in [1.29, 1.82) is 0 Å². The number of halogens is 4. The lowest BCUT2D eigenvalue weighted by molar-refractivity contribution is 0.574. The van der Waals surface area contributed by atoms with Crippen molar-refractivity contribution in [3.8, 4) is 0 Å². The third kappa shape index (κ3) is 3.32. The molecule has 0 bridgehead atoms. The van der Waals surface area contributed by atoms with Gasteiger partial charge in [-0.15, -0.1) is 0 Å². The van der Waals surface area contributed by atoms with E-state index in [0.29, 0.717) is 17.1 Å². The highest BCUT2D eigenvalue weighted by molar-refractivity contribution is 14.1. The van der Waals surface area contributed by atoms with Gasteiger partial charge >= 0.3 is 0 Å². The third-order valence-corrected chi connectivity index (χ3v) is 3.54. The SMILES string of the molecule is Fc1ccc(CNc2ccc(Cl)cc2I)c(F)c1. The van der Waals surface area contributed by atoms with Crippen LogP contribution in [0.4, 0.5) is 14.5 Å². The summed E-state index contributed by atoms with van der Waals surface area (Å²) < 4.78 is 27.1. The van der Waals surface area contributed by atoms with Crippen LogP contribution in [0.15, 0.2) is 36.4 Å². The monoisotopic (exact) mass is 379 g/mol. The van der Waals surface area contributed by atoms with Gasteiger partial charge in [-0.2, -0.15) is 0 Å². The Bertz CT molecular complexity index is 523. The summed E-state index contributed by atoms with van der Waals surface area (Å²) in [5, 5.41) is 3.74. The summed E-state index contributed by atoms with van der Waals surface area (Å²) in [5.41, 5.74) is 1.28. The number of rotatable bonds is 3. The van der Waals surface area contributed by atoms with Gasteiger partial charge in [-0.05, 0) is 46.9 Å². The van der Waals surface area contributed by atoms with Crippen molar-refractivity contribution in [3.05, 3.63) is 62.2 Å². The summed E-state index contributed by atoms with van der Waals surface area (Å²) in [4.78, 5) is 0. The Morgan fingerprint density at radius 2 is 1.89 bits per heavy atom. The molecule has 0 saturated heterocycles. The summed E-state index contributed by atoms with van der Waals surface area (Å²) in [6.07, 6.45) is 0. The van der Waals surface area contributed by atoms with Crippen molar-refractivity contribution in [1.82, 2.24) is 0 Å². The van der Waals surface area contributed by atoms with Crippen LogP contribution in [0.25, 0.3) is 0 Å². The zero-order chi connectivity index (χ0) is 13.1. The molecular formula is C13H9ClF2IN. The number of hydrogen-bond acceptors (Lipinski definition) is 1. The topological polar surface area (TPSA) is 12.0 Å². The van der Waals surface area contributed by atoms with Gasteiger partial charge in [-0.1, -0.05) is 17.7 Å². The molecule has 0 aliphatic rings. The van der Waals surface area contributed by atoms with Gasteiger partial charge in [0.05, 0.1) is 0 Å². The third-order valence-electron chi connectivity index (χ3n) is 2.42. The van der Waals surface area contributed by atoms with Crippen molar-refractivity contribution >= 4 is 39.9 Å². The molecule has 0 aliphatic carbocycles. The van der Waals surface area contributed by atoms with E-state index >= 15 is 0 Å². The fourth-order valence-corrected chi connectivity index (χ4v) is 2.55. The summed E-state index contributed by atoms with van der Waals surface area (Å²) in [7, 11) is 0. The Morgan fingerprint density at radius 3 is 2.56 bits per heavy atom. The zero-order valence-corrected chi connectivity index (χ0v) is 12.1. The van der Waals surface area contributed by atoms with Gasteiger partial charge in [0.1, 0.15) is 11.6 Å². The number of anilines is 1. The molecule has 0 aromatic heterocycles. The van der Waals surface area contributed by atoms with Crippen LogP contribution in [0.3, 0.4) is 0 Å². The van der Waals surface area contributed by atoms with Crippen molar-refractivity contribution in [2.75, 3.05) is 5.32 Å². The molecule has 0 fully saturated rings. The van der Waals surface area contributed by atoms with E-state index in [1.807, 2.05) is 12.1 Å². The fourth-order valence-electron chi connectivity index (χ4n) is 1.49. The Hall–Kier alpha value is -0.880. The van der Waals surface area contributed by atoms with Crippen LogP contribution in [-0.2, 0) is 6.54 Å². The van der Waals surface area contributed by atoms with Crippen molar-refractivity contribution < 1.29 is 8.78 Å². The van der Waals surface area contributed by atoms with Gasteiger partial charge in [0.15, 0.2) is 0 Å². The van der Waals surface area contributed by atoms with E-state index in [1.165, 1.54) is 12.1 Å². The maximum absolute atomic E-state index is 13.4. The van der Waals surface area contributed by atoms with Gasteiger partial charge in [-0.25, -0.2) is 8.78 Å². The highest BCUT2D eigenvalue weighted by atomic mass is 127. The van der Waals surface area contributed by atoms with Gasteiger partial charge in [0, 0.05) is 32.5 Å². The number of hydrogen-bond donors (Lipinski definition) is 1. The number of nitrogens with one attached hydrogen (secondary N) is 1. The van der Waals surface area contributed by atoms with Gasteiger partial charge in [0.25, 0.3) is 0 Å². The molecule has 0 radical (unpaired) electrons. The molecule has 94 valence electrons. The van der Waals surface area contributed by atoms with Crippen molar-refractivity contribution in [3.63, 3.8) is 0 Å². The lowest BCUT2D eigenvalue weighted by atomic mass is 10.2. The highest BCUT2D eigenvalue weighted by Crippen LogP contribution is 2.23. The van der Waals surface area contributed by atoms with Gasteiger partial charge < -0.3 is 5.32 Å². The normalized spacial score (nSPS) is 10.4.